The Morgan fingerprint density at radius 2 is 1.89 bits per heavy atom. The lowest BCUT2D eigenvalue weighted by molar-refractivity contribution is 0.0742. The Kier molecular flexibility index (Phi) is 4.84. The molecule has 1 amide bonds. The van der Waals surface area contributed by atoms with Gasteiger partial charge in [0.25, 0.3) is 5.91 Å². The number of pyridine rings is 1. The van der Waals surface area contributed by atoms with Crippen molar-refractivity contribution < 1.29 is 9.18 Å². The van der Waals surface area contributed by atoms with E-state index in [0.717, 1.165) is 16.6 Å². The predicted octanol–water partition coefficient (Wildman–Crippen LogP) is 3.86. The number of anilines is 1. The van der Waals surface area contributed by atoms with E-state index in [9.17, 15) is 14.4 Å². The molecule has 0 bridgehead atoms. The van der Waals surface area contributed by atoms with Crippen molar-refractivity contribution in [1.29, 1.82) is 5.26 Å². The number of hydrogen-bond acceptors (Lipinski definition) is 4. The molecule has 1 aliphatic rings. The van der Waals surface area contributed by atoms with Crippen molar-refractivity contribution in [2.24, 2.45) is 0 Å². The van der Waals surface area contributed by atoms with Gasteiger partial charge in [0.15, 0.2) is 0 Å². The summed E-state index contributed by atoms with van der Waals surface area (Å²) in [6.07, 6.45) is 1.56. The lowest BCUT2D eigenvalue weighted by atomic mass is 10.1. The number of halogens is 2. The van der Waals surface area contributed by atoms with Crippen molar-refractivity contribution in [3.8, 4) is 6.07 Å². The van der Waals surface area contributed by atoms with Gasteiger partial charge in [-0.15, -0.1) is 0 Å². The number of carbonyl (C=O) groups excluding carboxylic acids is 1. The zero-order valence-electron chi connectivity index (χ0n) is 14.9. The third-order valence-electron chi connectivity index (χ3n) is 4.91. The molecule has 1 aliphatic heterocycles. The molecule has 140 valence electrons. The van der Waals surface area contributed by atoms with Crippen LogP contribution in [0.4, 0.5) is 10.1 Å². The number of aromatic nitrogens is 1. The lowest BCUT2D eigenvalue weighted by Crippen LogP contribution is -2.49. The van der Waals surface area contributed by atoms with Gasteiger partial charge < -0.3 is 9.80 Å². The number of carbonyl (C=O) groups is 1. The predicted molar refractivity (Wildman–Crippen MR) is 106 cm³/mol. The third-order valence-corrected chi connectivity index (χ3v) is 5.14. The first-order chi connectivity index (χ1) is 13.6. The monoisotopic (exact) mass is 394 g/mol. The molecule has 3 aromatic rings. The second-order valence-corrected chi connectivity index (χ2v) is 6.99. The van der Waals surface area contributed by atoms with E-state index >= 15 is 0 Å². The van der Waals surface area contributed by atoms with Crippen molar-refractivity contribution in [1.82, 2.24) is 9.88 Å². The second kappa shape index (κ2) is 7.45. The quantitative estimate of drug-likeness (QED) is 0.662. The molecule has 0 saturated carbocycles. The normalized spacial score (nSPS) is 14.2. The summed E-state index contributed by atoms with van der Waals surface area (Å²) in [4.78, 5) is 20.7. The molecular formula is C21H16ClFN4O. The molecule has 2 aromatic carbocycles. The number of fused-ring (bicyclic) bond motifs is 1. The van der Waals surface area contributed by atoms with E-state index in [2.05, 4.69) is 16.0 Å². The van der Waals surface area contributed by atoms with Crippen LogP contribution in [0.25, 0.3) is 10.9 Å². The Morgan fingerprint density at radius 3 is 2.61 bits per heavy atom. The van der Waals surface area contributed by atoms with Gasteiger partial charge in [-0.1, -0.05) is 23.7 Å². The molecule has 0 unspecified atom stereocenters. The summed E-state index contributed by atoms with van der Waals surface area (Å²) in [6.45, 7) is 1.92. The van der Waals surface area contributed by atoms with E-state index in [1.807, 2.05) is 6.07 Å². The molecular weight excluding hydrogens is 379 g/mol. The average Bonchev–Trinajstić information content (AvgIpc) is 2.73. The maximum atomic E-state index is 13.9. The number of benzene rings is 2. The molecule has 0 N–H and O–H groups in total. The van der Waals surface area contributed by atoms with Crippen molar-refractivity contribution in [3.63, 3.8) is 0 Å². The number of amides is 1. The SMILES string of the molecule is N#Cc1cnc2ccc(Cl)cc2c1N1CCN(C(=O)c2ccccc2F)CC1. The Morgan fingerprint density at radius 1 is 1.14 bits per heavy atom. The molecule has 4 rings (SSSR count). The van der Waals surface area contributed by atoms with Crippen LogP contribution in [0.15, 0.2) is 48.7 Å². The fourth-order valence-electron chi connectivity index (χ4n) is 3.51. The fourth-order valence-corrected chi connectivity index (χ4v) is 3.68. The van der Waals surface area contributed by atoms with Crippen LogP contribution < -0.4 is 4.90 Å². The van der Waals surface area contributed by atoms with E-state index < -0.39 is 5.82 Å². The van der Waals surface area contributed by atoms with Gasteiger partial charge in [-0.25, -0.2) is 4.39 Å². The molecule has 0 radical (unpaired) electrons. The first-order valence-electron chi connectivity index (χ1n) is 8.85. The first kappa shape index (κ1) is 18.2. The maximum absolute atomic E-state index is 13.9. The zero-order valence-corrected chi connectivity index (χ0v) is 15.7. The first-order valence-corrected chi connectivity index (χ1v) is 9.23. The molecule has 7 heteroatoms. The summed E-state index contributed by atoms with van der Waals surface area (Å²) in [5.41, 5.74) is 2.06. The van der Waals surface area contributed by atoms with Crippen LogP contribution in [0.3, 0.4) is 0 Å². The molecule has 5 nitrogen and oxygen atoms in total. The smallest absolute Gasteiger partial charge is 0.256 e. The van der Waals surface area contributed by atoms with Crippen LogP contribution in [0.2, 0.25) is 5.02 Å². The van der Waals surface area contributed by atoms with Gasteiger partial charge in [0.1, 0.15) is 11.9 Å². The van der Waals surface area contributed by atoms with E-state index in [0.29, 0.717) is 36.8 Å². The topological polar surface area (TPSA) is 60.2 Å². The van der Waals surface area contributed by atoms with E-state index in [-0.39, 0.29) is 11.5 Å². The minimum absolute atomic E-state index is 0.0785. The maximum Gasteiger partial charge on any atom is 0.256 e. The summed E-state index contributed by atoms with van der Waals surface area (Å²) in [5.74, 6) is -0.836. The van der Waals surface area contributed by atoms with Crippen LogP contribution in [0.1, 0.15) is 15.9 Å². The summed E-state index contributed by atoms with van der Waals surface area (Å²) in [6, 6.07) is 13.6. The van der Waals surface area contributed by atoms with Crippen LogP contribution >= 0.6 is 11.6 Å². The minimum Gasteiger partial charge on any atom is -0.366 e. The second-order valence-electron chi connectivity index (χ2n) is 6.55. The van der Waals surface area contributed by atoms with Gasteiger partial charge >= 0.3 is 0 Å². The van der Waals surface area contributed by atoms with Crippen molar-refractivity contribution in [2.45, 2.75) is 0 Å². The van der Waals surface area contributed by atoms with Crippen LogP contribution in [-0.4, -0.2) is 42.0 Å². The zero-order chi connectivity index (χ0) is 19.7. The average molecular weight is 395 g/mol. The van der Waals surface area contributed by atoms with Gasteiger partial charge in [0.2, 0.25) is 0 Å². The summed E-state index contributed by atoms with van der Waals surface area (Å²) in [7, 11) is 0. The van der Waals surface area contributed by atoms with Crippen LogP contribution in [0, 0.1) is 17.1 Å². The minimum atomic E-state index is -0.517. The van der Waals surface area contributed by atoms with E-state index in [4.69, 9.17) is 11.6 Å². The Bertz CT molecular complexity index is 1100. The summed E-state index contributed by atoms with van der Waals surface area (Å²) >= 11 is 6.15. The van der Waals surface area contributed by atoms with Gasteiger partial charge in [-0.3, -0.25) is 9.78 Å². The highest BCUT2D eigenvalue weighted by Gasteiger charge is 2.26. The summed E-state index contributed by atoms with van der Waals surface area (Å²) < 4.78 is 13.9. The van der Waals surface area contributed by atoms with Crippen molar-refractivity contribution in [3.05, 3.63) is 70.6 Å². The highest BCUT2D eigenvalue weighted by atomic mass is 35.5. The number of nitrogens with zero attached hydrogens (tertiary/aromatic N) is 4. The number of piperazine rings is 1. The number of hydrogen-bond donors (Lipinski definition) is 0. The molecule has 1 fully saturated rings. The molecule has 0 spiro atoms. The lowest BCUT2D eigenvalue weighted by Gasteiger charge is -2.37. The van der Waals surface area contributed by atoms with Crippen molar-refractivity contribution in [2.75, 3.05) is 31.1 Å². The number of nitriles is 1. The number of rotatable bonds is 2. The molecule has 2 heterocycles. The van der Waals surface area contributed by atoms with Crippen LogP contribution in [-0.2, 0) is 0 Å². The molecule has 0 atom stereocenters. The Hall–Kier alpha value is -3.17. The van der Waals surface area contributed by atoms with E-state index in [1.165, 1.54) is 12.1 Å². The Labute approximate surface area is 166 Å². The van der Waals surface area contributed by atoms with Gasteiger partial charge in [0.05, 0.1) is 22.3 Å². The molecule has 28 heavy (non-hydrogen) atoms. The highest BCUT2D eigenvalue weighted by Crippen LogP contribution is 2.32. The van der Waals surface area contributed by atoms with E-state index in [1.54, 1.807) is 35.4 Å². The highest BCUT2D eigenvalue weighted by molar-refractivity contribution is 6.31. The molecule has 1 aromatic heterocycles. The van der Waals surface area contributed by atoms with Crippen LogP contribution in [0.5, 0.6) is 0 Å². The molecule has 0 aliphatic carbocycles. The molecule has 1 saturated heterocycles. The third kappa shape index (κ3) is 3.25. The standard InChI is InChI=1S/C21H16ClFN4O/c22-15-5-6-19-17(11-15)20(14(12-24)13-25-19)26-7-9-27(10-8-26)21(28)16-3-1-2-4-18(16)23/h1-6,11,13H,7-10H2. The van der Waals surface area contributed by atoms with Crippen molar-refractivity contribution >= 4 is 34.1 Å². The van der Waals surface area contributed by atoms with Gasteiger partial charge in [-0.05, 0) is 30.3 Å². The Balaban J connectivity index is 1.61. The van der Waals surface area contributed by atoms with Gasteiger partial charge in [0, 0.05) is 42.8 Å². The largest absolute Gasteiger partial charge is 0.366 e. The summed E-state index contributed by atoms with van der Waals surface area (Å²) in [5, 5.41) is 10.9. The van der Waals surface area contributed by atoms with Gasteiger partial charge in [-0.2, -0.15) is 5.26 Å². The fraction of sp³-hybridized carbons (Fsp3) is 0.190.